The molecule has 1 amide bonds. The standard InChI is InChI=1S/C22H33NO5/c1-16(28-21(24)11-7-10-17-8-5-4-6-9-17)22(25)23-15-18-12-13-19(26-2)20(14-18)27-3/h12-14,16-17H,4-11,15H2,1-3H3,(H,23,25). The van der Waals surface area contributed by atoms with E-state index in [1.165, 1.54) is 32.1 Å². The zero-order valence-corrected chi connectivity index (χ0v) is 17.3. The third kappa shape index (κ3) is 7.06. The fourth-order valence-corrected chi connectivity index (χ4v) is 3.64. The smallest absolute Gasteiger partial charge is 0.306 e. The molecule has 1 aliphatic carbocycles. The number of methoxy groups -OCH3 is 2. The van der Waals surface area contributed by atoms with E-state index < -0.39 is 6.10 Å². The van der Waals surface area contributed by atoms with Crippen LogP contribution in [0, 0.1) is 5.92 Å². The van der Waals surface area contributed by atoms with Gasteiger partial charge in [0.25, 0.3) is 5.91 Å². The van der Waals surface area contributed by atoms with Crippen LogP contribution >= 0.6 is 0 Å². The second kappa shape index (κ2) is 11.6. The van der Waals surface area contributed by atoms with E-state index in [-0.39, 0.29) is 11.9 Å². The Labute approximate surface area is 167 Å². The van der Waals surface area contributed by atoms with Gasteiger partial charge in [-0.15, -0.1) is 0 Å². The molecule has 0 bridgehead atoms. The van der Waals surface area contributed by atoms with Crippen molar-refractivity contribution in [2.45, 2.75) is 70.9 Å². The number of benzene rings is 1. The molecule has 6 nitrogen and oxygen atoms in total. The van der Waals surface area contributed by atoms with Crippen molar-refractivity contribution in [1.29, 1.82) is 0 Å². The summed E-state index contributed by atoms with van der Waals surface area (Å²) in [5.41, 5.74) is 0.872. The van der Waals surface area contributed by atoms with Gasteiger partial charge in [0.1, 0.15) is 0 Å². The van der Waals surface area contributed by atoms with Gasteiger partial charge in [0.15, 0.2) is 17.6 Å². The summed E-state index contributed by atoms with van der Waals surface area (Å²) in [5.74, 6) is 1.38. The lowest BCUT2D eigenvalue weighted by Crippen LogP contribution is -2.35. The van der Waals surface area contributed by atoms with Crippen molar-refractivity contribution >= 4 is 11.9 Å². The van der Waals surface area contributed by atoms with E-state index in [2.05, 4.69) is 5.32 Å². The zero-order valence-electron chi connectivity index (χ0n) is 17.3. The van der Waals surface area contributed by atoms with E-state index in [1.54, 1.807) is 33.3 Å². The number of nitrogens with one attached hydrogen (secondary N) is 1. The lowest BCUT2D eigenvalue weighted by Gasteiger charge is -2.21. The summed E-state index contributed by atoms with van der Waals surface area (Å²) in [6, 6.07) is 5.45. The first kappa shape index (κ1) is 22.1. The summed E-state index contributed by atoms with van der Waals surface area (Å²) in [6.45, 7) is 1.92. The first-order valence-electron chi connectivity index (χ1n) is 10.2. The Morgan fingerprint density at radius 1 is 1.11 bits per heavy atom. The first-order valence-corrected chi connectivity index (χ1v) is 10.2. The van der Waals surface area contributed by atoms with Gasteiger partial charge in [0.2, 0.25) is 0 Å². The first-order chi connectivity index (χ1) is 13.5. The van der Waals surface area contributed by atoms with Gasteiger partial charge in [-0.1, -0.05) is 38.2 Å². The zero-order chi connectivity index (χ0) is 20.4. The maximum absolute atomic E-state index is 12.2. The Hall–Kier alpha value is -2.24. The number of amides is 1. The number of rotatable bonds is 10. The molecular formula is C22H33NO5. The molecule has 0 heterocycles. The Morgan fingerprint density at radius 3 is 2.50 bits per heavy atom. The number of hydrogen-bond acceptors (Lipinski definition) is 5. The van der Waals surface area contributed by atoms with Crippen molar-refractivity contribution in [3.05, 3.63) is 23.8 Å². The fraction of sp³-hybridized carbons (Fsp3) is 0.636. The molecule has 0 aliphatic heterocycles. The molecule has 1 N–H and O–H groups in total. The van der Waals surface area contributed by atoms with Gasteiger partial charge in [-0.25, -0.2) is 0 Å². The van der Waals surface area contributed by atoms with Crippen LogP contribution in [0.3, 0.4) is 0 Å². The van der Waals surface area contributed by atoms with Crippen molar-refractivity contribution in [2.24, 2.45) is 5.92 Å². The summed E-state index contributed by atoms with van der Waals surface area (Å²) in [5, 5.41) is 2.79. The molecule has 1 aromatic rings. The minimum absolute atomic E-state index is 0.301. The quantitative estimate of drug-likeness (QED) is 0.610. The average molecular weight is 392 g/mol. The second-order valence-corrected chi connectivity index (χ2v) is 7.44. The normalized spacial score (nSPS) is 15.5. The Kier molecular flexibility index (Phi) is 9.11. The predicted molar refractivity (Wildman–Crippen MR) is 107 cm³/mol. The van der Waals surface area contributed by atoms with Gasteiger partial charge in [0, 0.05) is 13.0 Å². The summed E-state index contributed by atoms with van der Waals surface area (Å²) < 4.78 is 15.7. The van der Waals surface area contributed by atoms with Crippen molar-refractivity contribution in [1.82, 2.24) is 5.32 Å². The summed E-state index contributed by atoms with van der Waals surface area (Å²) >= 11 is 0. The minimum atomic E-state index is -0.803. The van der Waals surface area contributed by atoms with Crippen LogP contribution in [-0.2, 0) is 20.9 Å². The fourth-order valence-electron chi connectivity index (χ4n) is 3.64. The predicted octanol–water partition coefficient (Wildman–Crippen LogP) is 4.00. The van der Waals surface area contributed by atoms with Gasteiger partial charge < -0.3 is 19.5 Å². The van der Waals surface area contributed by atoms with Gasteiger partial charge in [-0.2, -0.15) is 0 Å². The molecule has 1 unspecified atom stereocenters. The highest BCUT2D eigenvalue weighted by molar-refractivity contribution is 5.83. The average Bonchev–Trinajstić information content (AvgIpc) is 2.72. The number of carbonyl (C=O) groups excluding carboxylic acids is 2. The Balaban J connectivity index is 1.69. The Bertz CT molecular complexity index is 640. The van der Waals surface area contributed by atoms with Gasteiger partial charge in [0.05, 0.1) is 14.2 Å². The van der Waals surface area contributed by atoms with Gasteiger partial charge in [-0.3, -0.25) is 9.59 Å². The lowest BCUT2D eigenvalue weighted by molar-refractivity contribution is -0.155. The van der Waals surface area contributed by atoms with Crippen molar-refractivity contribution in [2.75, 3.05) is 14.2 Å². The van der Waals surface area contributed by atoms with Crippen LogP contribution in [-0.4, -0.2) is 32.2 Å². The van der Waals surface area contributed by atoms with Crippen LogP contribution in [0.25, 0.3) is 0 Å². The topological polar surface area (TPSA) is 73.9 Å². The molecule has 0 saturated heterocycles. The van der Waals surface area contributed by atoms with Crippen molar-refractivity contribution < 1.29 is 23.8 Å². The number of carbonyl (C=O) groups is 2. The lowest BCUT2D eigenvalue weighted by atomic mass is 9.86. The van der Waals surface area contributed by atoms with Gasteiger partial charge >= 0.3 is 5.97 Å². The molecule has 0 radical (unpaired) electrons. The molecule has 1 fully saturated rings. The van der Waals surface area contributed by atoms with E-state index in [1.807, 2.05) is 6.07 Å². The number of esters is 1. The molecule has 1 aliphatic rings. The third-order valence-corrected chi connectivity index (χ3v) is 5.31. The molecule has 6 heteroatoms. The largest absolute Gasteiger partial charge is 0.493 e. The third-order valence-electron chi connectivity index (χ3n) is 5.31. The summed E-state index contributed by atoms with van der Waals surface area (Å²) in [6.07, 6.45) is 8.02. The number of ether oxygens (including phenoxy) is 3. The SMILES string of the molecule is COc1ccc(CNC(=O)C(C)OC(=O)CCCC2CCCCC2)cc1OC. The highest BCUT2D eigenvalue weighted by Gasteiger charge is 2.19. The van der Waals surface area contributed by atoms with Crippen molar-refractivity contribution in [3.8, 4) is 11.5 Å². The molecule has 0 spiro atoms. The Morgan fingerprint density at radius 2 is 1.82 bits per heavy atom. The van der Waals surface area contributed by atoms with Crippen LogP contribution in [0.2, 0.25) is 0 Å². The molecule has 1 aromatic carbocycles. The van der Waals surface area contributed by atoms with E-state index in [0.29, 0.717) is 24.5 Å². The van der Waals surface area contributed by atoms with Gasteiger partial charge in [-0.05, 0) is 43.4 Å². The van der Waals surface area contributed by atoms with Crippen molar-refractivity contribution in [3.63, 3.8) is 0 Å². The highest BCUT2D eigenvalue weighted by Crippen LogP contribution is 2.28. The molecule has 2 rings (SSSR count). The van der Waals surface area contributed by atoms with Crippen LogP contribution in [0.1, 0.15) is 63.9 Å². The molecule has 1 saturated carbocycles. The molecule has 156 valence electrons. The maximum Gasteiger partial charge on any atom is 0.306 e. The van der Waals surface area contributed by atoms with E-state index in [0.717, 1.165) is 24.3 Å². The van der Waals surface area contributed by atoms with E-state index in [4.69, 9.17) is 14.2 Å². The van der Waals surface area contributed by atoms with Crippen LogP contribution in [0.15, 0.2) is 18.2 Å². The number of hydrogen-bond donors (Lipinski definition) is 1. The monoisotopic (exact) mass is 391 g/mol. The van der Waals surface area contributed by atoms with Crippen LogP contribution < -0.4 is 14.8 Å². The molecule has 1 atom stereocenters. The highest BCUT2D eigenvalue weighted by atomic mass is 16.5. The van der Waals surface area contributed by atoms with Crippen LogP contribution in [0.5, 0.6) is 11.5 Å². The molecule has 28 heavy (non-hydrogen) atoms. The van der Waals surface area contributed by atoms with Crippen LogP contribution in [0.4, 0.5) is 0 Å². The maximum atomic E-state index is 12.2. The molecule has 0 aromatic heterocycles. The van der Waals surface area contributed by atoms with E-state index in [9.17, 15) is 9.59 Å². The second-order valence-electron chi connectivity index (χ2n) is 7.44. The minimum Gasteiger partial charge on any atom is -0.493 e. The summed E-state index contributed by atoms with van der Waals surface area (Å²) in [7, 11) is 3.14. The van der Waals surface area contributed by atoms with E-state index >= 15 is 0 Å². The summed E-state index contributed by atoms with van der Waals surface area (Å²) in [4.78, 5) is 24.2. The molecular weight excluding hydrogens is 358 g/mol.